The number of rotatable bonds is 6. The first-order chi connectivity index (χ1) is 14.6. The van der Waals surface area contributed by atoms with E-state index in [1.54, 1.807) is 10.7 Å². The molecule has 2 heterocycles. The maximum atomic E-state index is 12.5. The average Bonchev–Trinajstić information content (AvgIpc) is 3.22. The van der Waals surface area contributed by atoms with E-state index in [2.05, 4.69) is 15.4 Å². The van der Waals surface area contributed by atoms with Crippen LogP contribution < -0.4 is 5.32 Å². The van der Waals surface area contributed by atoms with Gasteiger partial charge in [0.1, 0.15) is 5.56 Å². The Morgan fingerprint density at radius 3 is 2.60 bits per heavy atom. The molecule has 1 N–H and O–H groups in total. The number of ether oxygens (including phenoxy) is 1. The van der Waals surface area contributed by atoms with E-state index in [0.29, 0.717) is 12.2 Å². The van der Waals surface area contributed by atoms with E-state index in [9.17, 15) is 9.59 Å². The Labute approximate surface area is 173 Å². The van der Waals surface area contributed by atoms with Crippen molar-refractivity contribution in [2.45, 2.75) is 13.5 Å². The van der Waals surface area contributed by atoms with Gasteiger partial charge >= 0.3 is 5.97 Å². The summed E-state index contributed by atoms with van der Waals surface area (Å²) in [6.45, 7) is 1.98. The van der Waals surface area contributed by atoms with Crippen LogP contribution in [-0.2, 0) is 16.1 Å². The second-order valence-electron chi connectivity index (χ2n) is 6.77. The van der Waals surface area contributed by atoms with Crippen LogP contribution in [0.4, 0.5) is 0 Å². The van der Waals surface area contributed by atoms with Crippen LogP contribution >= 0.6 is 0 Å². The molecule has 0 aliphatic carbocycles. The van der Waals surface area contributed by atoms with Gasteiger partial charge in [-0.25, -0.2) is 14.3 Å². The first kappa shape index (κ1) is 19.3. The van der Waals surface area contributed by atoms with Crippen molar-refractivity contribution in [2.24, 2.45) is 0 Å². The van der Waals surface area contributed by atoms with Gasteiger partial charge in [-0.1, -0.05) is 54.6 Å². The van der Waals surface area contributed by atoms with Gasteiger partial charge in [-0.2, -0.15) is 5.10 Å². The molecule has 0 atom stereocenters. The van der Waals surface area contributed by atoms with Crippen molar-refractivity contribution in [3.05, 3.63) is 89.7 Å². The molecule has 0 spiro atoms. The molecule has 1 amide bonds. The largest absolute Gasteiger partial charge is 0.452 e. The van der Waals surface area contributed by atoms with Gasteiger partial charge in [0.05, 0.1) is 11.9 Å². The van der Waals surface area contributed by atoms with E-state index >= 15 is 0 Å². The number of hydrogen-bond acceptors (Lipinski definition) is 5. The van der Waals surface area contributed by atoms with Crippen LogP contribution in [0.1, 0.15) is 21.5 Å². The zero-order valence-corrected chi connectivity index (χ0v) is 16.4. The summed E-state index contributed by atoms with van der Waals surface area (Å²) >= 11 is 0. The highest BCUT2D eigenvalue weighted by molar-refractivity contribution is 5.97. The molecule has 0 saturated heterocycles. The van der Waals surface area contributed by atoms with Crippen LogP contribution in [0.3, 0.4) is 0 Å². The van der Waals surface area contributed by atoms with Crippen molar-refractivity contribution in [1.29, 1.82) is 0 Å². The fraction of sp³-hybridized carbons (Fsp3) is 0.130. The standard InChI is InChI=1S/C23H20N4O3/c1-16-7-5-6-10-18(16)13-25-21(28)15-30-23(29)19-14-26-27-20(11-12-24-22(19)27)17-8-3-2-4-9-17/h2-12,14H,13,15H2,1H3,(H,25,28). The minimum absolute atomic E-state index is 0.208. The Hall–Kier alpha value is -4.00. The molecular formula is C23H20N4O3. The minimum Gasteiger partial charge on any atom is -0.452 e. The molecule has 4 rings (SSSR count). The van der Waals surface area contributed by atoms with Crippen LogP contribution in [0, 0.1) is 6.92 Å². The van der Waals surface area contributed by atoms with Crippen molar-refractivity contribution in [3.8, 4) is 11.3 Å². The molecule has 7 nitrogen and oxygen atoms in total. The summed E-state index contributed by atoms with van der Waals surface area (Å²) in [4.78, 5) is 28.8. The van der Waals surface area contributed by atoms with Gasteiger partial charge in [0.2, 0.25) is 0 Å². The molecule has 150 valence electrons. The Morgan fingerprint density at radius 2 is 1.80 bits per heavy atom. The first-order valence-electron chi connectivity index (χ1n) is 9.50. The van der Waals surface area contributed by atoms with Crippen LogP contribution in [-0.4, -0.2) is 33.1 Å². The number of fused-ring (bicyclic) bond motifs is 1. The molecule has 4 aromatic rings. The molecule has 2 aromatic heterocycles. The topological polar surface area (TPSA) is 85.6 Å². The van der Waals surface area contributed by atoms with Crippen LogP contribution in [0.5, 0.6) is 0 Å². The molecule has 7 heteroatoms. The number of carbonyl (C=O) groups excluding carboxylic acids is 2. The molecule has 0 aliphatic heterocycles. The Bertz CT molecular complexity index is 1200. The summed E-state index contributed by atoms with van der Waals surface area (Å²) < 4.78 is 6.76. The monoisotopic (exact) mass is 400 g/mol. The highest BCUT2D eigenvalue weighted by Crippen LogP contribution is 2.20. The van der Waals surface area contributed by atoms with E-state index < -0.39 is 5.97 Å². The fourth-order valence-electron chi connectivity index (χ4n) is 3.13. The van der Waals surface area contributed by atoms with Crippen molar-refractivity contribution in [1.82, 2.24) is 19.9 Å². The Balaban J connectivity index is 1.43. The maximum absolute atomic E-state index is 12.5. The Morgan fingerprint density at radius 1 is 1.03 bits per heavy atom. The van der Waals surface area contributed by atoms with Gasteiger partial charge in [-0.15, -0.1) is 0 Å². The fourth-order valence-corrected chi connectivity index (χ4v) is 3.13. The van der Waals surface area contributed by atoms with Crippen LogP contribution in [0.2, 0.25) is 0 Å². The number of benzene rings is 2. The number of aryl methyl sites for hydroxylation is 1. The maximum Gasteiger partial charge on any atom is 0.344 e. The lowest BCUT2D eigenvalue weighted by atomic mass is 10.1. The third kappa shape index (κ3) is 4.05. The number of aromatic nitrogens is 3. The number of nitrogens with one attached hydrogen (secondary N) is 1. The second-order valence-corrected chi connectivity index (χ2v) is 6.77. The smallest absolute Gasteiger partial charge is 0.344 e. The number of nitrogens with zero attached hydrogens (tertiary/aromatic N) is 3. The third-order valence-electron chi connectivity index (χ3n) is 4.76. The summed E-state index contributed by atoms with van der Waals surface area (Å²) in [5.74, 6) is -1.02. The van der Waals surface area contributed by atoms with Crippen molar-refractivity contribution in [2.75, 3.05) is 6.61 Å². The van der Waals surface area contributed by atoms with Gasteiger partial charge in [0.25, 0.3) is 5.91 Å². The van der Waals surface area contributed by atoms with E-state index in [4.69, 9.17) is 4.74 Å². The lowest BCUT2D eigenvalue weighted by molar-refractivity contribution is -0.124. The zero-order valence-electron chi connectivity index (χ0n) is 16.4. The summed E-state index contributed by atoms with van der Waals surface area (Å²) in [7, 11) is 0. The quantitative estimate of drug-likeness (QED) is 0.503. The molecule has 0 unspecified atom stereocenters. The zero-order chi connectivity index (χ0) is 20.9. The lowest BCUT2D eigenvalue weighted by Gasteiger charge is -2.08. The highest BCUT2D eigenvalue weighted by Gasteiger charge is 2.18. The predicted octanol–water partition coefficient (Wildman–Crippen LogP) is 3.18. The molecule has 30 heavy (non-hydrogen) atoms. The van der Waals surface area contributed by atoms with Crippen molar-refractivity contribution in [3.63, 3.8) is 0 Å². The highest BCUT2D eigenvalue weighted by atomic mass is 16.5. The van der Waals surface area contributed by atoms with Crippen LogP contribution in [0.15, 0.2) is 73.1 Å². The minimum atomic E-state index is -0.645. The number of hydrogen-bond donors (Lipinski definition) is 1. The Kier molecular flexibility index (Phi) is 5.52. The molecule has 0 aliphatic rings. The van der Waals surface area contributed by atoms with Gasteiger partial charge in [-0.05, 0) is 24.1 Å². The van der Waals surface area contributed by atoms with Gasteiger partial charge in [-0.3, -0.25) is 4.79 Å². The van der Waals surface area contributed by atoms with E-state index in [0.717, 1.165) is 22.4 Å². The molecule has 2 aromatic carbocycles. The summed E-state index contributed by atoms with van der Waals surface area (Å²) in [6, 6.07) is 19.3. The second kappa shape index (κ2) is 8.57. The summed E-state index contributed by atoms with van der Waals surface area (Å²) in [5, 5.41) is 7.04. The predicted molar refractivity (Wildman–Crippen MR) is 112 cm³/mol. The van der Waals surface area contributed by atoms with E-state index in [1.807, 2.05) is 67.6 Å². The average molecular weight is 400 g/mol. The van der Waals surface area contributed by atoms with Gasteiger partial charge < -0.3 is 10.1 Å². The molecule has 0 radical (unpaired) electrons. The van der Waals surface area contributed by atoms with E-state index in [1.165, 1.54) is 6.20 Å². The number of carbonyl (C=O) groups is 2. The first-order valence-corrected chi connectivity index (χ1v) is 9.50. The SMILES string of the molecule is Cc1ccccc1CNC(=O)COC(=O)c1cnn2c(-c3ccccc3)ccnc12. The van der Waals surface area contributed by atoms with Gasteiger partial charge in [0, 0.05) is 18.3 Å². The van der Waals surface area contributed by atoms with Crippen LogP contribution in [0.25, 0.3) is 16.9 Å². The number of amides is 1. The molecular weight excluding hydrogens is 380 g/mol. The normalized spacial score (nSPS) is 10.7. The molecule has 0 bridgehead atoms. The third-order valence-corrected chi connectivity index (χ3v) is 4.76. The number of esters is 1. The molecule has 0 fully saturated rings. The summed E-state index contributed by atoms with van der Waals surface area (Å²) in [5.41, 5.74) is 4.43. The molecule has 0 saturated carbocycles. The van der Waals surface area contributed by atoms with Crippen molar-refractivity contribution >= 4 is 17.5 Å². The van der Waals surface area contributed by atoms with Crippen molar-refractivity contribution < 1.29 is 14.3 Å². The lowest BCUT2D eigenvalue weighted by Crippen LogP contribution is -2.28. The van der Waals surface area contributed by atoms with Gasteiger partial charge in [0.15, 0.2) is 12.3 Å². The summed E-state index contributed by atoms with van der Waals surface area (Å²) in [6.07, 6.45) is 3.02. The van der Waals surface area contributed by atoms with E-state index in [-0.39, 0.29) is 18.1 Å².